The Hall–Kier alpha value is -1.59. The molecule has 0 amide bonds. The first-order valence-electron chi connectivity index (χ1n) is 6.76. The van der Waals surface area contributed by atoms with Crippen molar-refractivity contribution in [2.75, 3.05) is 6.54 Å². The topological polar surface area (TPSA) is 38.3 Å². The fourth-order valence-electron chi connectivity index (χ4n) is 2.51. The summed E-state index contributed by atoms with van der Waals surface area (Å²) in [7, 11) is 0. The maximum absolute atomic E-state index is 13.4. The van der Waals surface area contributed by atoms with Crippen molar-refractivity contribution < 1.29 is 13.2 Å². The Kier molecular flexibility index (Phi) is 3.87. The van der Waals surface area contributed by atoms with Crippen LogP contribution in [0.25, 0.3) is 11.0 Å². The van der Waals surface area contributed by atoms with Gasteiger partial charge in [-0.2, -0.15) is 0 Å². The number of rotatable bonds is 4. The summed E-state index contributed by atoms with van der Waals surface area (Å²) in [5, 5.41) is 4.13. The number of aryl methyl sites for hydroxylation is 1. The summed E-state index contributed by atoms with van der Waals surface area (Å²) in [6.45, 7) is 4.70. The third-order valence-electron chi connectivity index (χ3n) is 3.51. The molecule has 2 aromatic heterocycles. The molecular formula is C16H15BrFNO2. The van der Waals surface area contributed by atoms with Crippen molar-refractivity contribution >= 4 is 26.9 Å². The molecule has 3 aromatic rings. The SMILES string of the molecule is CCNC(c1occc1Br)c1oc2ccc(F)cc2c1C. The van der Waals surface area contributed by atoms with E-state index >= 15 is 0 Å². The summed E-state index contributed by atoms with van der Waals surface area (Å²) >= 11 is 3.48. The lowest BCUT2D eigenvalue weighted by molar-refractivity contribution is 0.400. The van der Waals surface area contributed by atoms with Gasteiger partial charge in [0.1, 0.15) is 29.0 Å². The molecule has 0 aliphatic carbocycles. The van der Waals surface area contributed by atoms with Crippen LogP contribution in [0.4, 0.5) is 4.39 Å². The van der Waals surface area contributed by atoms with Crippen LogP contribution in [0.1, 0.15) is 30.0 Å². The zero-order valence-corrected chi connectivity index (χ0v) is 13.3. The van der Waals surface area contributed by atoms with Gasteiger partial charge < -0.3 is 14.2 Å². The van der Waals surface area contributed by atoms with E-state index in [-0.39, 0.29) is 11.9 Å². The molecule has 0 aliphatic rings. The second-order valence-electron chi connectivity index (χ2n) is 4.86. The fraction of sp³-hybridized carbons (Fsp3) is 0.250. The molecular weight excluding hydrogens is 337 g/mol. The molecule has 1 atom stereocenters. The monoisotopic (exact) mass is 351 g/mol. The van der Waals surface area contributed by atoms with Crippen molar-refractivity contribution in [1.29, 1.82) is 0 Å². The summed E-state index contributed by atoms with van der Waals surface area (Å²) in [6.07, 6.45) is 1.63. The maximum Gasteiger partial charge on any atom is 0.142 e. The summed E-state index contributed by atoms with van der Waals surface area (Å²) in [5.74, 6) is 1.23. The molecule has 0 aliphatic heterocycles. The molecule has 0 saturated carbocycles. The molecule has 0 bridgehead atoms. The number of fused-ring (bicyclic) bond motifs is 1. The van der Waals surface area contributed by atoms with Crippen molar-refractivity contribution in [3.8, 4) is 0 Å². The molecule has 0 saturated heterocycles. The predicted molar refractivity (Wildman–Crippen MR) is 82.8 cm³/mol. The lowest BCUT2D eigenvalue weighted by Crippen LogP contribution is -2.22. The molecule has 3 nitrogen and oxygen atoms in total. The second-order valence-corrected chi connectivity index (χ2v) is 5.71. The summed E-state index contributed by atoms with van der Waals surface area (Å²) in [5.41, 5.74) is 1.59. The van der Waals surface area contributed by atoms with Crippen molar-refractivity contribution in [3.63, 3.8) is 0 Å². The Morgan fingerprint density at radius 3 is 2.76 bits per heavy atom. The van der Waals surface area contributed by atoms with Crippen molar-refractivity contribution in [2.45, 2.75) is 19.9 Å². The number of halogens is 2. The zero-order chi connectivity index (χ0) is 15.0. The van der Waals surface area contributed by atoms with E-state index in [1.54, 1.807) is 12.3 Å². The van der Waals surface area contributed by atoms with Gasteiger partial charge in [0, 0.05) is 10.9 Å². The standard InChI is InChI=1S/C16H15BrFNO2/c1-3-19-14(16-12(17)6-7-20-16)15-9(2)11-8-10(18)4-5-13(11)21-15/h4-8,14,19H,3H2,1-2H3. The molecule has 5 heteroatoms. The van der Waals surface area contributed by atoms with E-state index in [9.17, 15) is 4.39 Å². The molecule has 1 N–H and O–H groups in total. The number of nitrogens with one attached hydrogen (secondary N) is 1. The Balaban J connectivity index is 2.16. The van der Waals surface area contributed by atoms with Crippen LogP contribution in [0.5, 0.6) is 0 Å². The number of furan rings is 2. The lowest BCUT2D eigenvalue weighted by atomic mass is 10.1. The summed E-state index contributed by atoms with van der Waals surface area (Å²) in [6, 6.07) is 6.19. The van der Waals surface area contributed by atoms with Crippen LogP contribution in [-0.2, 0) is 0 Å². The smallest absolute Gasteiger partial charge is 0.142 e. The molecule has 2 heterocycles. The van der Waals surface area contributed by atoms with Crippen LogP contribution in [0.2, 0.25) is 0 Å². The molecule has 0 spiro atoms. The first kappa shape index (κ1) is 14.4. The van der Waals surface area contributed by atoms with Gasteiger partial charge in [0.25, 0.3) is 0 Å². The highest BCUT2D eigenvalue weighted by molar-refractivity contribution is 9.10. The Morgan fingerprint density at radius 1 is 1.29 bits per heavy atom. The van der Waals surface area contributed by atoms with Gasteiger partial charge in [0.2, 0.25) is 0 Å². The van der Waals surface area contributed by atoms with Crippen LogP contribution < -0.4 is 5.32 Å². The molecule has 110 valence electrons. The average Bonchev–Trinajstić information content (AvgIpc) is 3.02. The summed E-state index contributed by atoms with van der Waals surface area (Å²) in [4.78, 5) is 0. The van der Waals surface area contributed by atoms with E-state index < -0.39 is 0 Å². The highest BCUT2D eigenvalue weighted by atomic mass is 79.9. The van der Waals surface area contributed by atoms with E-state index in [1.165, 1.54) is 12.1 Å². The third-order valence-corrected chi connectivity index (χ3v) is 4.17. The highest BCUT2D eigenvalue weighted by Gasteiger charge is 2.25. The quantitative estimate of drug-likeness (QED) is 0.723. The van der Waals surface area contributed by atoms with E-state index in [4.69, 9.17) is 8.83 Å². The minimum absolute atomic E-state index is 0.213. The van der Waals surface area contributed by atoms with Gasteiger partial charge in [-0.25, -0.2) is 4.39 Å². The van der Waals surface area contributed by atoms with Crippen LogP contribution in [0.15, 0.2) is 43.8 Å². The van der Waals surface area contributed by atoms with Gasteiger partial charge in [-0.15, -0.1) is 0 Å². The number of hydrogen-bond donors (Lipinski definition) is 1. The third kappa shape index (κ3) is 2.51. The molecule has 0 fully saturated rings. The Morgan fingerprint density at radius 2 is 2.10 bits per heavy atom. The van der Waals surface area contributed by atoms with Gasteiger partial charge >= 0.3 is 0 Å². The fourth-order valence-corrected chi connectivity index (χ4v) is 2.94. The lowest BCUT2D eigenvalue weighted by Gasteiger charge is -2.14. The normalized spacial score (nSPS) is 13.0. The average molecular weight is 352 g/mol. The van der Waals surface area contributed by atoms with Crippen LogP contribution in [-0.4, -0.2) is 6.54 Å². The van der Waals surface area contributed by atoms with Gasteiger partial charge in [-0.1, -0.05) is 6.92 Å². The van der Waals surface area contributed by atoms with Crippen LogP contribution >= 0.6 is 15.9 Å². The largest absolute Gasteiger partial charge is 0.466 e. The van der Waals surface area contributed by atoms with E-state index in [0.717, 1.165) is 33.5 Å². The van der Waals surface area contributed by atoms with Gasteiger partial charge in [0.15, 0.2) is 0 Å². The molecule has 1 unspecified atom stereocenters. The minimum Gasteiger partial charge on any atom is -0.466 e. The van der Waals surface area contributed by atoms with Gasteiger partial charge in [0.05, 0.1) is 10.7 Å². The zero-order valence-electron chi connectivity index (χ0n) is 11.7. The van der Waals surface area contributed by atoms with E-state index in [2.05, 4.69) is 21.2 Å². The highest BCUT2D eigenvalue weighted by Crippen LogP contribution is 2.36. The second kappa shape index (κ2) is 5.66. The maximum atomic E-state index is 13.4. The van der Waals surface area contributed by atoms with Gasteiger partial charge in [-0.05, 0) is 53.7 Å². The van der Waals surface area contributed by atoms with E-state index in [1.807, 2.05) is 19.9 Å². The van der Waals surface area contributed by atoms with Crippen molar-refractivity contribution in [1.82, 2.24) is 5.32 Å². The molecule has 21 heavy (non-hydrogen) atoms. The first-order valence-corrected chi connectivity index (χ1v) is 7.56. The van der Waals surface area contributed by atoms with Crippen LogP contribution in [0, 0.1) is 12.7 Å². The number of hydrogen-bond acceptors (Lipinski definition) is 3. The van der Waals surface area contributed by atoms with Crippen molar-refractivity contribution in [2.24, 2.45) is 0 Å². The Labute approximate surface area is 130 Å². The molecule has 1 aromatic carbocycles. The summed E-state index contributed by atoms with van der Waals surface area (Å²) < 4.78 is 25.8. The molecule has 0 radical (unpaired) electrons. The van der Waals surface area contributed by atoms with Crippen LogP contribution in [0.3, 0.4) is 0 Å². The molecule has 3 rings (SSSR count). The van der Waals surface area contributed by atoms with Crippen molar-refractivity contribution in [3.05, 3.63) is 57.9 Å². The minimum atomic E-state index is -0.267. The first-order chi connectivity index (χ1) is 10.1. The number of benzene rings is 1. The van der Waals surface area contributed by atoms with Gasteiger partial charge in [-0.3, -0.25) is 0 Å². The predicted octanol–water partition coefficient (Wildman–Crippen LogP) is 4.93. The Bertz CT molecular complexity index is 778. The van der Waals surface area contributed by atoms with E-state index in [0.29, 0.717) is 5.58 Å².